The van der Waals surface area contributed by atoms with Gasteiger partial charge in [0.1, 0.15) is 5.84 Å². The van der Waals surface area contributed by atoms with E-state index in [0.29, 0.717) is 0 Å². The summed E-state index contributed by atoms with van der Waals surface area (Å²) < 4.78 is 0. The highest BCUT2D eigenvalue weighted by Gasteiger charge is 2.48. The van der Waals surface area contributed by atoms with Crippen molar-refractivity contribution in [3.63, 3.8) is 0 Å². The van der Waals surface area contributed by atoms with E-state index in [0.717, 1.165) is 28.2 Å². The van der Waals surface area contributed by atoms with Gasteiger partial charge in [0.15, 0.2) is 0 Å². The highest BCUT2D eigenvalue weighted by Crippen LogP contribution is 2.43. The van der Waals surface area contributed by atoms with Crippen LogP contribution in [0.1, 0.15) is 5.56 Å². The Bertz CT molecular complexity index is 1010. The lowest BCUT2D eigenvalue weighted by atomic mass is 9.91. The van der Waals surface area contributed by atoms with Gasteiger partial charge in [-0.25, -0.2) is 4.99 Å². The van der Waals surface area contributed by atoms with E-state index < -0.39 is 5.66 Å². The molecule has 1 N–H and O–H groups in total. The third-order valence-electron chi connectivity index (χ3n) is 5.01. The number of hydrazine groups is 1. The Balaban J connectivity index is 1.76. The summed E-state index contributed by atoms with van der Waals surface area (Å²) in [5.41, 5.74) is 7.29. The van der Waals surface area contributed by atoms with E-state index in [4.69, 9.17) is 4.99 Å². The summed E-state index contributed by atoms with van der Waals surface area (Å²) in [5.74, 6) is 0.863. The lowest BCUT2D eigenvalue weighted by Gasteiger charge is -2.38. The van der Waals surface area contributed by atoms with Crippen LogP contribution in [0, 0.1) is 0 Å². The van der Waals surface area contributed by atoms with E-state index in [1.54, 1.807) is 0 Å². The summed E-state index contributed by atoms with van der Waals surface area (Å²) >= 11 is 0. The van der Waals surface area contributed by atoms with Gasteiger partial charge in [0, 0.05) is 16.7 Å². The molecule has 1 heterocycles. The van der Waals surface area contributed by atoms with Crippen molar-refractivity contribution in [3.05, 3.63) is 126 Å². The minimum Gasteiger partial charge on any atom is -0.278 e. The lowest BCUT2D eigenvalue weighted by molar-refractivity contribution is 0.575. The van der Waals surface area contributed by atoms with Gasteiger partial charge in [0.05, 0.1) is 5.69 Å². The summed E-state index contributed by atoms with van der Waals surface area (Å²) in [7, 11) is 0. The van der Waals surface area contributed by atoms with Crippen LogP contribution >= 0.6 is 0 Å². The minimum absolute atomic E-state index is 0.653. The predicted octanol–water partition coefficient (Wildman–Crippen LogP) is 4.70. The molecule has 0 saturated carbocycles. The molecule has 3 aliphatic rings. The molecule has 27 heavy (non-hydrogen) atoms. The second-order valence-corrected chi connectivity index (χ2v) is 6.63. The molecule has 2 aromatic rings. The molecule has 1 aliphatic heterocycles. The third kappa shape index (κ3) is 2.48. The number of rotatable bonds is 2. The van der Waals surface area contributed by atoms with Gasteiger partial charge in [0.25, 0.3) is 0 Å². The van der Waals surface area contributed by atoms with Crippen molar-refractivity contribution in [2.24, 2.45) is 4.99 Å². The van der Waals surface area contributed by atoms with Crippen LogP contribution in [0.4, 0.5) is 5.69 Å². The van der Waals surface area contributed by atoms with Crippen molar-refractivity contribution in [1.29, 1.82) is 0 Å². The first-order valence-corrected chi connectivity index (χ1v) is 9.09. The summed E-state index contributed by atoms with van der Waals surface area (Å²) in [4.78, 5) is 5.26. The zero-order valence-electron chi connectivity index (χ0n) is 14.8. The van der Waals surface area contributed by atoms with Crippen LogP contribution in [0.15, 0.2) is 125 Å². The van der Waals surface area contributed by atoms with Crippen molar-refractivity contribution >= 4 is 11.5 Å². The van der Waals surface area contributed by atoms with Gasteiger partial charge in [-0.3, -0.25) is 10.4 Å². The molecule has 0 saturated heterocycles. The van der Waals surface area contributed by atoms with Gasteiger partial charge in [-0.05, 0) is 12.1 Å². The van der Waals surface area contributed by atoms with Crippen molar-refractivity contribution in [1.82, 2.24) is 5.43 Å². The van der Waals surface area contributed by atoms with E-state index in [1.165, 1.54) is 0 Å². The topological polar surface area (TPSA) is 27.6 Å². The molecule has 130 valence electrons. The Morgan fingerprint density at radius 2 is 1.30 bits per heavy atom. The fraction of sp³-hybridized carbons (Fsp3) is 0.0417. The first-order valence-electron chi connectivity index (χ1n) is 9.09. The molecule has 2 aromatic carbocycles. The van der Waals surface area contributed by atoms with Crippen LogP contribution < -0.4 is 10.4 Å². The zero-order valence-corrected chi connectivity index (χ0v) is 14.8. The van der Waals surface area contributed by atoms with Crippen LogP contribution in [-0.2, 0) is 0 Å². The van der Waals surface area contributed by atoms with E-state index in [2.05, 4.69) is 95.4 Å². The molecule has 2 bridgehead atoms. The quantitative estimate of drug-likeness (QED) is 0.851. The van der Waals surface area contributed by atoms with Crippen LogP contribution in [0.3, 0.4) is 0 Å². The molecular weight excluding hydrogens is 330 g/mol. The molecule has 0 atom stereocenters. The Kier molecular flexibility index (Phi) is 3.65. The van der Waals surface area contributed by atoms with Gasteiger partial charge < -0.3 is 0 Å². The molecule has 0 unspecified atom stereocenters. The number of anilines is 1. The van der Waals surface area contributed by atoms with Gasteiger partial charge in [0.2, 0.25) is 5.66 Å². The Hall–Kier alpha value is -3.59. The fourth-order valence-corrected chi connectivity index (χ4v) is 3.74. The molecule has 2 aliphatic carbocycles. The molecule has 0 aromatic heterocycles. The van der Waals surface area contributed by atoms with E-state index in [1.807, 2.05) is 24.3 Å². The van der Waals surface area contributed by atoms with Crippen LogP contribution in [0.5, 0.6) is 0 Å². The normalized spacial score (nSPS) is 19.1. The maximum atomic E-state index is 5.26. The van der Waals surface area contributed by atoms with Crippen molar-refractivity contribution in [3.8, 4) is 0 Å². The molecule has 0 amide bonds. The number of benzene rings is 2. The number of nitrogens with one attached hydrogen (secondary N) is 1. The summed E-state index contributed by atoms with van der Waals surface area (Å²) in [6.07, 6.45) is 16.9. The SMILES string of the molecule is C1=CC=C2C=CC=CC(=C1)C21N=C(c2ccccc2)NN1c1ccccc1. The van der Waals surface area contributed by atoms with Crippen molar-refractivity contribution in [2.45, 2.75) is 5.66 Å². The van der Waals surface area contributed by atoms with Gasteiger partial charge >= 0.3 is 0 Å². The molecule has 3 nitrogen and oxygen atoms in total. The summed E-state index contributed by atoms with van der Waals surface area (Å²) in [5, 5.41) is 2.17. The average molecular weight is 349 g/mol. The highest BCUT2D eigenvalue weighted by molar-refractivity contribution is 6.03. The van der Waals surface area contributed by atoms with Gasteiger partial charge in [-0.2, -0.15) is 0 Å². The monoisotopic (exact) mass is 349 g/mol. The number of para-hydroxylation sites is 1. The second-order valence-electron chi connectivity index (χ2n) is 6.63. The van der Waals surface area contributed by atoms with Gasteiger partial charge in [-0.1, -0.05) is 97.1 Å². The zero-order chi connectivity index (χ0) is 18.1. The number of hydrogen-bond acceptors (Lipinski definition) is 3. The van der Waals surface area contributed by atoms with E-state index >= 15 is 0 Å². The average Bonchev–Trinajstić information content (AvgIpc) is 2.96. The highest BCUT2D eigenvalue weighted by atomic mass is 15.6. The first-order chi connectivity index (χ1) is 13.4. The maximum absolute atomic E-state index is 5.26. The van der Waals surface area contributed by atoms with Gasteiger partial charge in [-0.15, -0.1) is 0 Å². The molecular formula is C24H19N3. The minimum atomic E-state index is -0.653. The van der Waals surface area contributed by atoms with Crippen LogP contribution in [0.2, 0.25) is 0 Å². The maximum Gasteiger partial charge on any atom is 0.204 e. The predicted molar refractivity (Wildman–Crippen MR) is 111 cm³/mol. The van der Waals surface area contributed by atoms with E-state index in [-0.39, 0.29) is 0 Å². The van der Waals surface area contributed by atoms with Crippen LogP contribution in [-0.4, -0.2) is 11.5 Å². The third-order valence-corrected chi connectivity index (χ3v) is 5.01. The van der Waals surface area contributed by atoms with Crippen molar-refractivity contribution < 1.29 is 0 Å². The smallest absolute Gasteiger partial charge is 0.204 e. The molecule has 3 heteroatoms. The van der Waals surface area contributed by atoms with Crippen molar-refractivity contribution in [2.75, 3.05) is 5.01 Å². The lowest BCUT2D eigenvalue weighted by Crippen LogP contribution is -2.52. The number of allylic oxidation sites excluding steroid dienone is 6. The second kappa shape index (κ2) is 6.29. The standard InChI is InChI=1S/C24H19N3/c1-3-11-19(12-4-1)23-25-24(27(26-23)22-17-5-2-6-18-22)20-13-7-8-14-21(24)16-10-9-15-20/h1-18H,(H,25,26). The number of aliphatic imine (C=N–C) groups is 1. The molecule has 5 rings (SSSR count). The Morgan fingerprint density at radius 3 is 1.93 bits per heavy atom. The Morgan fingerprint density at radius 1 is 0.704 bits per heavy atom. The number of hydrogen-bond donors (Lipinski definition) is 1. The number of nitrogens with zero attached hydrogens (tertiary/aromatic N) is 2. The number of amidine groups is 1. The fourth-order valence-electron chi connectivity index (χ4n) is 3.74. The van der Waals surface area contributed by atoms with Crippen LogP contribution in [0.25, 0.3) is 0 Å². The summed E-state index contributed by atoms with van der Waals surface area (Å²) in [6, 6.07) is 20.6. The first kappa shape index (κ1) is 15.6. The molecule has 0 radical (unpaired) electrons. The summed E-state index contributed by atoms with van der Waals surface area (Å²) in [6.45, 7) is 0. The molecule has 0 fully saturated rings. The molecule has 1 spiro atoms. The Labute approximate surface area is 159 Å². The van der Waals surface area contributed by atoms with E-state index in [9.17, 15) is 0 Å². The largest absolute Gasteiger partial charge is 0.278 e.